The molecule has 1 atom stereocenters. The van der Waals surface area contributed by atoms with Crippen LogP contribution in [0, 0.1) is 0 Å². The van der Waals surface area contributed by atoms with Gasteiger partial charge in [-0.2, -0.15) is 5.10 Å². The molecule has 3 heterocycles. The third-order valence-corrected chi connectivity index (χ3v) is 4.12. The molecule has 1 unspecified atom stereocenters. The lowest BCUT2D eigenvalue weighted by atomic mass is 10.1. The Kier molecular flexibility index (Phi) is 3.23. The molecule has 0 fully saturated rings. The van der Waals surface area contributed by atoms with Gasteiger partial charge in [-0.25, -0.2) is 14.5 Å². The highest BCUT2D eigenvalue weighted by Crippen LogP contribution is 2.23. The van der Waals surface area contributed by atoms with E-state index in [1.165, 1.54) is 17.8 Å². The van der Waals surface area contributed by atoms with Crippen LogP contribution >= 0.6 is 11.3 Å². The highest BCUT2D eigenvalue weighted by Gasteiger charge is 2.25. The predicted octanol–water partition coefficient (Wildman–Crippen LogP) is 1.30. The number of rotatable bonds is 3. The summed E-state index contributed by atoms with van der Waals surface area (Å²) in [5, 5.41) is 17.3. The van der Waals surface area contributed by atoms with Crippen LogP contribution in [0.4, 0.5) is 0 Å². The molecule has 1 aliphatic rings. The Labute approximate surface area is 118 Å². The van der Waals surface area contributed by atoms with E-state index in [0.29, 0.717) is 4.88 Å². The summed E-state index contributed by atoms with van der Waals surface area (Å²) in [5.41, 5.74) is 0.131. The molecule has 7 nitrogen and oxygen atoms in total. The van der Waals surface area contributed by atoms with E-state index in [1.54, 1.807) is 4.68 Å². The van der Waals surface area contributed by atoms with E-state index in [4.69, 9.17) is 5.11 Å². The molecule has 0 aliphatic carbocycles. The van der Waals surface area contributed by atoms with Crippen molar-refractivity contribution in [2.24, 2.45) is 0 Å². The topological polar surface area (TPSA) is 97.1 Å². The van der Waals surface area contributed by atoms with E-state index in [0.717, 1.165) is 36.5 Å². The Balaban J connectivity index is 1.75. The summed E-state index contributed by atoms with van der Waals surface area (Å²) >= 11 is 1.12. The van der Waals surface area contributed by atoms with E-state index >= 15 is 0 Å². The van der Waals surface area contributed by atoms with Crippen molar-refractivity contribution in [2.45, 2.75) is 25.4 Å². The zero-order valence-corrected chi connectivity index (χ0v) is 11.3. The summed E-state index contributed by atoms with van der Waals surface area (Å²) in [4.78, 5) is 27.5. The average molecular weight is 292 g/mol. The third-order valence-electron chi connectivity index (χ3n) is 3.20. The Bertz CT molecular complexity index is 663. The quantitative estimate of drug-likeness (QED) is 0.888. The first-order valence-corrected chi connectivity index (χ1v) is 7.03. The summed E-state index contributed by atoms with van der Waals surface area (Å²) in [6.07, 6.45) is 3.21. The zero-order chi connectivity index (χ0) is 14.1. The van der Waals surface area contributed by atoms with Gasteiger partial charge < -0.3 is 10.4 Å². The van der Waals surface area contributed by atoms with Crippen LogP contribution in [0.15, 0.2) is 17.8 Å². The van der Waals surface area contributed by atoms with Crippen molar-refractivity contribution in [3.63, 3.8) is 0 Å². The summed E-state index contributed by atoms with van der Waals surface area (Å²) < 4.78 is 1.78. The van der Waals surface area contributed by atoms with Gasteiger partial charge in [0.25, 0.3) is 5.91 Å². The number of carbonyl (C=O) groups is 2. The second kappa shape index (κ2) is 5.04. The highest BCUT2D eigenvalue weighted by atomic mass is 32.1. The van der Waals surface area contributed by atoms with Crippen molar-refractivity contribution >= 4 is 23.2 Å². The maximum atomic E-state index is 12.1. The van der Waals surface area contributed by atoms with Gasteiger partial charge in [0.15, 0.2) is 0 Å². The van der Waals surface area contributed by atoms with Crippen molar-refractivity contribution in [3.8, 4) is 0 Å². The maximum absolute atomic E-state index is 12.1. The molecule has 8 heteroatoms. The van der Waals surface area contributed by atoms with Crippen LogP contribution in [0.2, 0.25) is 0 Å². The highest BCUT2D eigenvalue weighted by molar-refractivity contribution is 7.12. The molecule has 0 bridgehead atoms. The SMILES string of the molecule is O=C(O)c1csc(C(=O)NC2CCCn3ncnc32)c1. The van der Waals surface area contributed by atoms with Gasteiger partial charge in [0.05, 0.1) is 16.5 Å². The van der Waals surface area contributed by atoms with Crippen molar-refractivity contribution in [1.29, 1.82) is 0 Å². The number of aryl methyl sites for hydroxylation is 1. The molecule has 0 aromatic carbocycles. The number of carboxylic acids is 1. The Morgan fingerprint density at radius 1 is 1.50 bits per heavy atom. The molecule has 0 saturated heterocycles. The lowest BCUT2D eigenvalue weighted by Crippen LogP contribution is -2.32. The van der Waals surface area contributed by atoms with Gasteiger partial charge in [-0.15, -0.1) is 11.3 Å². The molecule has 2 aromatic rings. The molecule has 2 N–H and O–H groups in total. The number of carbonyl (C=O) groups excluding carboxylic acids is 1. The van der Waals surface area contributed by atoms with Crippen molar-refractivity contribution < 1.29 is 14.7 Å². The van der Waals surface area contributed by atoms with Crippen LogP contribution in [-0.2, 0) is 6.54 Å². The maximum Gasteiger partial charge on any atom is 0.336 e. The largest absolute Gasteiger partial charge is 0.478 e. The number of aromatic carboxylic acids is 1. The number of aromatic nitrogens is 3. The number of amides is 1. The fraction of sp³-hybridized carbons (Fsp3) is 0.333. The van der Waals surface area contributed by atoms with Gasteiger partial charge in [-0.05, 0) is 18.9 Å². The first-order valence-electron chi connectivity index (χ1n) is 6.15. The lowest BCUT2D eigenvalue weighted by Gasteiger charge is -2.22. The van der Waals surface area contributed by atoms with Crippen molar-refractivity contribution in [2.75, 3.05) is 0 Å². The normalized spacial score (nSPS) is 17.5. The van der Waals surface area contributed by atoms with Gasteiger partial charge in [-0.1, -0.05) is 0 Å². The molecule has 0 spiro atoms. The molecule has 1 amide bonds. The van der Waals surface area contributed by atoms with E-state index in [9.17, 15) is 9.59 Å². The van der Waals surface area contributed by atoms with E-state index in [-0.39, 0.29) is 17.5 Å². The van der Waals surface area contributed by atoms with Crippen LogP contribution in [-0.4, -0.2) is 31.7 Å². The second-order valence-corrected chi connectivity index (χ2v) is 5.43. The molecule has 104 valence electrons. The summed E-state index contributed by atoms with van der Waals surface area (Å²) in [6.45, 7) is 0.809. The van der Waals surface area contributed by atoms with E-state index < -0.39 is 5.97 Å². The number of nitrogens with zero attached hydrogens (tertiary/aromatic N) is 3. The predicted molar refractivity (Wildman–Crippen MR) is 70.7 cm³/mol. The van der Waals surface area contributed by atoms with Crippen LogP contribution in [0.1, 0.15) is 44.7 Å². The van der Waals surface area contributed by atoms with Crippen LogP contribution in [0.3, 0.4) is 0 Å². The summed E-state index contributed by atoms with van der Waals surface area (Å²) in [5.74, 6) is -0.554. The minimum absolute atomic E-state index is 0.131. The first-order chi connectivity index (χ1) is 9.65. The Hall–Kier alpha value is -2.22. The summed E-state index contributed by atoms with van der Waals surface area (Å²) in [6, 6.07) is 1.21. The van der Waals surface area contributed by atoms with E-state index in [2.05, 4.69) is 15.4 Å². The van der Waals surface area contributed by atoms with Gasteiger partial charge in [0.2, 0.25) is 0 Å². The van der Waals surface area contributed by atoms with E-state index in [1.807, 2.05) is 0 Å². The number of fused-ring (bicyclic) bond motifs is 1. The summed E-state index contributed by atoms with van der Waals surface area (Å²) in [7, 11) is 0. The smallest absolute Gasteiger partial charge is 0.336 e. The fourth-order valence-corrected chi connectivity index (χ4v) is 3.01. The number of nitrogens with one attached hydrogen (secondary N) is 1. The first kappa shape index (κ1) is 12.8. The monoisotopic (exact) mass is 292 g/mol. The second-order valence-electron chi connectivity index (χ2n) is 4.51. The molecule has 20 heavy (non-hydrogen) atoms. The molecular weight excluding hydrogens is 280 g/mol. The fourth-order valence-electron chi connectivity index (χ4n) is 2.22. The van der Waals surface area contributed by atoms with Gasteiger partial charge in [0, 0.05) is 11.9 Å². The van der Waals surface area contributed by atoms with Crippen LogP contribution in [0.25, 0.3) is 0 Å². The molecule has 1 aliphatic heterocycles. The Morgan fingerprint density at radius 2 is 2.35 bits per heavy atom. The number of carboxylic acid groups (broad SMARTS) is 1. The number of hydrogen-bond acceptors (Lipinski definition) is 5. The van der Waals surface area contributed by atoms with Crippen LogP contribution in [0.5, 0.6) is 0 Å². The minimum atomic E-state index is -1.03. The van der Waals surface area contributed by atoms with Crippen LogP contribution < -0.4 is 5.32 Å². The molecule has 3 rings (SSSR count). The molecule has 0 saturated carbocycles. The van der Waals surface area contributed by atoms with Crippen molar-refractivity contribution in [1.82, 2.24) is 20.1 Å². The molecule has 0 radical (unpaired) electrons. The molecular formula is C12H12N4O3S. The standard InChI is InChI=1S/C12H12N4O3S/c17-11(9-4-7(5-20-9)12(18)19)15-8-2-1-3-16-10(8)13-6-14-16/h4-6,8H,1-3H2,(H,15,17)(H,18,19). The van der Waals surface area contributed by atoms with Crippen molar-refractivity contribution in [3.05, 3.63) is 34.0 Å². The lowest BCUT2D eigenvalue weighted by molar-refractivity contribution is 0.0697. The van der Waals surface area contributed by atoms with Gasteiger partial charge in [-0.3, -0.25) is 4.79 Å². The zero-order valence-electron chi connectivity index (χ0n) is 10.4. The average Bonchev–Trinajstić information content (AvgIpc) is 3.08. The minimum Gasteiger partial charge on any atom is -0.478 e. The number of hydrogen-bond donors (Lipinski definition) is 2. The van der Waals surface area contributed by atoms with Gasteiger partial charge >= 0.3 is 5.97 Å². The third kappa shape index (κ3) is 2.29. The van der Waals surface area contributed by atoms with Gasteiger partial charge in [0.1, 0.15) is 12.2 Å². The number of thiophene rings is 1. The Morgan fingerprint density at radius 3 is 3.10 bits per heavy atom. The molecule has 2 aromatic heterocycles.